The molecule has 106 valence electrons. The fraction of sp³-hybridized carbons (Fsp3) is 0.0714. The number of carboxylic acid groups (broad SMARTS) is 1. The van der Waals surface area contributed by atoms with E-state index in [9.17, 15) is 9.90 Å². The van der Waals surface area contributed by atoms with Crippen LogP contribution in [-0.2, 0) is 0 Å². The second-order valence-corrected chi connectivity index (χ2v) is 4.82. The third-order valence-corrected chi connectivity index (χ3v) is 3.43. The molecular weight excluding hydrogens is 294 g/mol. The van der Waals surface area contributed by atoms with Gasteiger partial charge in [0.2, 0.25) is 5.69 Å². The summed E-state index contributed by atoms with van der Waals surface area (Å²) in [5.41, 5.74) is 1.62. The molecule has 0 bridgehead atoms. The molecule has 1 aromatic carbocycles. The van der Waals surface area contributed by atoms with E-state index in [0.717, 1.165) is 5.56 Å². The number of rotatable bonds is 3. The van der Waals surface area contributed by atoms with E-state index in [1.807, 2.05) is 13.0 Å². The maximum Gasteiger partial charge on any atom is 0.358 e. The van der Waals surface area contributed by atoms with Crippen LogP contribution in [0.3, 0.4) is 0 Å². The summed E-state index contributed by atoms with van der Waals surface area (Å²) in [5, 5.41) is 17.4. The highest BCUT2D eigenvalue weighted by molar-refractivity contribution is 6.31. The lowest BCUT2D eigenvalue weighted by Crippen LogP contribution is -2.02. The van der Waals surface area contributed by atoms with Gasteiger partial charge in [0.25, 0.3) is 0 Å². The first-order valence-corrected chi connectivity index (χ1v) is 6.45. The van der Waals surface area contributed by atoms with Gasteiger partial charge < -0.3 is 9.52 Å². The second-order valence-electron chi connectivity index (χ2n) is 4.41. The highest BCUT2D eigenvalue weighted by Gasteiger charge is 2.23. The number of halogens is 1. The number of aryl methyl sites for hydroxylation is 1. The van der Waals surface area contributed by atoms with Gasteiger partial charge in [-0.2, -0.15) is 0 Å². The number of carbonyl (C=O) groups is 1. The summed E-state index contributed by atoms with van der Waals surface area (Å²) < 4.78 is 6.68. The fourth-order valence-electron chi connectivity index (χ4n) is 1.95. The van der Waals surface area contributed by atoms with Gasteiger partial charge in [0, 0.05) is 5.02 Å². The molecule has 3 rings (SSSR count). The average molecular weight is 304 g/mol. The summed E-state index contributed by atoms with van der Waals surface area (Å²) in [6.07, 6.45) is 1.46. The predicted molar refractivity (Wildman–Crippen MR) is 75.8 cm³/mol. The van der Waals surface area contributed by atoms with Crippen molar-refractivity contribution in [1.82, 2.24) is 15.0 Å². The second kappa shape index (κ2) is 5.06. The number of furan rings is 1. The summed E-state index contributed by atoms with van der Waals surface area (Å²) in [6.45, 7) is 1.88. The van der Waals surface area contributed by atoms with E-state index in [1.165, 1.54) is 10.9 Å². The summed E-state index contributed by atoms with van der Waals surface area (Å²) in [4.78, 5) is 11.3. The monoisotopic (exact) mass is 303 g/mol. The lowest BCUT2D eigenvalue weighted by Gasteiger charge is -2.06. The zero-order valence-corrected chi connectivity index (χ0v) is 11.7. The fourth-order valence-corrected chi connectivity index (χ4v) is 2.13. The molecule has 0 spiro atoms. The van der Waals surface area contributed by atoms with Gasteiger partial charge in [-0.1, -0.05) is 22.9 Å². The number of carboxylic acids is 1. The van der Waals surface area contributed by atoms with E-state index in [0.29, 0.717) is 16.5 Å². The molecule has 0 saturated carbocycles. The van der Waals surface area contributed by atoms with E-state index in [1.54, 1.807) is 24.3 Å². The Kier molecular flexibility index (Phi) is 3.23. The molecule has 3 aromatic rings. The van der Waals surface area contributed by atoms with Crippen LogP contribution >= 0.6 is 11.6 Å². The zero-order valence-electron chi connectivity index (χ0n) is 10.9. The van der Waals surface area contributed by atoms with Crippen LogP contribution in [0.25, 0.3) is 17.1 Å². The van der Waals surface area contributed by atoms with E-state index in [2.05, 4.69) is 10.3 Å². The van der Waals surface area contributed by atoms with Gasteiger partial charge in [-0.05, 0) is 36.8 Å². The van der Waals surface area contributed by atoms with Gasteiger partial charge >= 0.3 is 5.97 Å². The smallest absolute Gasteiger partial charge is 0.358 e. The number of aromatic carboxylic acids is 1. The van der Waals surface area contributed by atoms with E-state index in [-0.39, 0.29) is 11.4 Å². The standard InChI is InChI=1S/C14H10ClN3O3/c1-8-4-5-9(7-10(8)15)18-13(11-3-2-6-21-11)12(14(19)20)16-17-18/h2-7H,1H3,(H,19,20). The third-order valence-electron chi connectivity index (χ3n) is 3.03. The van der Waals surface area contributed by atoms with Crippen molar-refractivity contribution in [2.45, 2.75) is 6.92 Å². The minimum absolute atomic E-state index is 0.179. The van der Waals surface area contributed by atoms with Gasteiger partial charge in [0.1, 0.15) is 5.69 Å². The van der Waals surface area contributed by atoms with E-state index < -0.39 is 5.97 Å². The van der Waals surface area contributed by atoms with Gasteiger partial charge in [-0.3, -0.25) is 0 Å². The van der Waals surface area contributed by atoms with Gasteiger partial charge in [-0.15, -0.1) is 5.10 Å². The van der Waals surface area contributed by atoms with Crippen molar-refractivity contribution in [3.05, 3.63) is 52.9 Å². The number of hydrogen-bond acceptors (Lipinski definition) is 4. The lowest BCUT2D eigenvalue weighted by molar-refractivity contribution is 0.0691. The zero-order chi connectivity index (χ0) is 15.0. The summed E-state index contributed by atoms with van der Waals surface area (Å²) in [5.74, 6) is -0.806. The van der Waals surface area contributed by atoms with Crippen LogP contribution in [-0.4, -0.2) is 26.1 Å². The molecule has 7 heteroatoms. The maximum atomic E-state index is 11.3. The molecule has 2 aromatic heterocycles. The molecule has 21 heavy (non-hydrogen) atoms. The summed E-state index contributed by atoms with van der Waals surface area (Å²) in [7, 11) is 0. The molecule has 0 atom stereocenters. The minimum atomic E-state index is -1.18. The van der Waals surface area contributed by atoms with Crippen molar-refractivity contribution in [1.29, 1.82) is 0 Å². The first-order valence-electron chi connectivity index (χ1n) is 6.07. The normalized spacial score (nSPS) is 10.8. The molecule has 0 aliphatic rings. The highest BCUT2D eigenvalue weighted by atomic mass is 35.5. The van der Waals surface area contributed by atoms with E-state index in [4.69, 9.17) is 16.0 Å². The Bertz CT molecular complexity index is 809. The van der Waals surface area contributed by atoms with Gasteiger partial charge in [0.05, 0.1) is 12.0 Å². The Hall–Kier alpha value is -2.60. The van der Waals surface area contributed by atoms with Crippen LogP contribution in [0.2, 0.25) is 5.02 Å². The Balaban J connectivity index is 2.23. The van der Waals surface area contributed by atoms with Crippen molar-refractivity contribution in [2.75, 3.05) is 0 Å². The lowest BCUT2D eigenvalue weighted by atomic mass is 10.2. The molecule has 0 aliphatic carbocycles. The first kappa shape index (κ1) is 13.4. The highest BCUT2D eigenvalue weighted by Crippen LogP contribution is 2.27. The number of benzene rings is 1. The quantitative estimate of drug-likeness (QED) is 0.803. The van der Waals surface area contributed by atoms with Crippen LogP contribution < -0.4 is 0 Å². The molecule has 1 N–H and O–H groups in total. The molecule has 0 amide bonds. The number of aromatic nitrogens is 3. The average Bonchev–Trinajstić information content (AvgIpc) is 3.09. The molecule has 2 heterocycles. The van der Waals surface area contributed by atoms with Crippen LogP contribution in [0.4, 0.5) is 0 Å². The summed E-state index contributed by atoms with van der Waals surface area (Å²) >= 11 is 6.11. The molecule has 0 unspecified atom stereocenters. The summed E-state index contributed by atoms with van der Waals surface area (Å²) in [6, 6.07) is 8.63. The van der Waals surface area contributed by atoms with Gasteiger partial charge in [-0.25, -0.2) is 9.48 Å². The maximum absolute atomic E-state index is 11.3. The van der Waals surface area contributed by atoms with Crippen LogP contribution in [0.5, 0.6) is 0 Å². The third kappa shape index (κ3) is 2.30. The van der Waals surface area contributed by atoms with Crippen LogP contribution in [0.15, 0.2) is 41.0 Å². The van der Waals surface area contributed by atoms with Crippen molar-refractivity contribution in [3.8, 4) is 17.1 Å². The molecule has 0 saturated heterocycles. The Labute approximate surface area is 124 Å². The van der Waals surface area contributed by atoms with Crippen molar-refractivity contribution in [2.24, 2.45) is 0 Å². The van der Waals surface area contributed by atoms with E-state index >= 15 is 0 Å². The number of nitrogens with zero attached hydrogens (tertiary/aromatic N) is 3. The molecule has 0 fully saturated rings. The molecule has 0 radical (unpaired) electrons. The topological polar surface area (TPSA) is 81.2 Å². The largest absolute Gasteiger partial charge is 0.476 e. The first-order chi connectivity index (χ1) is 10.1. The minimum Gasteiger partial charge on any atom is -0.476 e. The molecular formula is C14H10ClN3O3. The van der Waals surface area contributed by atoms with Crippen LogP contribution in [0.1, 0.15) is 16.1 Å². The van der Waals surface area contributed by atoms with Crippen LogP contribution in [0, 0.1) is 6.92 Å². The van der Waals surface area contributed by atoms with Crippen molar-refractivity contribution in [3.63, 3.8) is 0 Å². The number of hydrogen-bond donors (Lipinski definition) is 1. The van der Waals surface area contributed by atoms with Crippen molar-refractivity contribution < 1.29 is 14.3 Å². The molecule has 0 aliphatic heterocycles. The molecule has 6 nitrogen and oxygen atoms in total. The Morgan fingerprint density at radius 1 is 1.38 bits per heavy atom. The Morgan fingerprint density at radius 2 is 2.19 bits per heavy atom. The van der Waals surface area contributed by atoms with Crippen molar-refractivity contribution >= 4 is 17.6 Å². The van der Waals surface area contributed by atoms with Gasteiger partial charge in [0.15, 0.2) is 5.76 Å². The Morgan fingerprint density at radius 3 is 2.81 bits per heavy atom. The predicted octanol–water partition coefficient (Wildman–Crippen LogP) is 3.19. The SMILES string of the molecule is Cc1ccc(-n2nnc(C(=O)O)c2-c2ccco2)cc1Cl.